The van der Waals surface area contributed by atoms with Gasteiger partial charge in [0.15, 0.2) is 5.78 Å². The zero-order valence-corrected chi connectivity index (χ0v) is 15.9. The van der Waals surface area contributed by atoms with E-state index < -0.39 is 29.9 Å². The molecule has 1 heterocycles. The Balaban J connectivity index is 1.72. The van der Waals surface area contributed by atoms with Gasteiger partial charge in [-0.25, -0.2) is 0 Å². The van der Waals surface area contributed by atoms with Crippen molar-refractivity contribution in [2.24, 2.45) is 0 Å². The maximum Gasteiger partial charge on any atom is 0.420 e. The average molecular weight is 414 g/mol. The van der Waals surface area contributed by atoms with Crippen molar-refractivity contribution >= 4 is 17.4 Å². The second-order valence-electron chi connectivity index (χ2n) is 6.38. The highest BCUT2D eigenvalue weighted by Crippen LogP contribution is 2.37. The predicted molar refractivity (Wildman–Crippen MR) is 105 cm³/mol. The summed E-state index contributed by atoms with van der Waals surface area (Å²) in [6.45, 7) is 0. The predicted octanol–water partition coefficient (Wildman–Crippen LogP) is 4.99. The van der Waals surface area contributed by atoms with E-state index >= 15 is 0 Å². The van der Waals surface area contributed by atoms with Crippen molar-refractivity contribution in [1.29, 1.82) is 0 Å². The summed E-state index contributed by atoms with van der Waals surface area (Å²) >= 11 is 0. The number of alkyl halides is 3. The lowest BCUT2D eigenvalue weighted by Gasteiger charge is -2.14. The molecule has 0 radical (unpaired) electrons. The van der Waals surface area contributed by atoms with Crippen LogP contribution in [0.25, 0.3) is 11.1 Å². The zero-order valence-electron chi connectivity index (χ0n) is 15.9. The minimum Gasteiger partial charge on any atom is -0.496 e. The van der Waals surface area contributed by atoms with Crippen molar-refractivity contribution in [3.63, 3.8) is 0 Å². The quantitative estimate of drug-likeness (QED) is 0.456. The van der Waals surface area contributed by atoms with Gasteiger partial charge < -0.3 is 10.1 Å². The van der Waals surface area contributed by atoms with E-state index in [0.29, 0.717) is 5.56 Å². The van der Waals surface area contributed by atoms with E-state index in [4.69, 9.17) is 4.74 Å². The molecule has 154 valence electrons. The Bertz CT molecular complexity index is 1070. The third-order valence-electron chi connectivity index (χ3n) is 4.29. The summed E-state index contributed by atoms with van der Waals surface area (Å²) in [5.74, 6) is -1.53. The molecule has 8 heteroatoms. The van der Waals surface area contributed by atoms with Crippen LogP contribution in [0.15, 0.2) is 67.0 Å². The van der Waals surface area contributed by atoms with Crippen LogP contribution in [0, 0.1) is 0 Å². The molecule has 1 aromatic heterocycles. The number of nitrogens with zero attached hydrogens (tertiary/aromatic N) is 1. The molecule has 0 saturated carbocycles. The molecule has 0 aliphatic heterocycles. The number of methoxy groups -OCH3 is 1. The molecule has 0 bridgehead atoms. The Hall–Kier alpha value is -3.68. The smallest absolute Gasteiger partial charge is 0.420 e. The number of Topliss-reactive ketones (excluding diaryl/α,β-unsaturated/α-hetero) is 1. The molecule has 1 N–H and O–H groups in total. The van der Waals surface area contributed by atoms with Gasteiger partial charge in [-0.1, -0.05) is 24.3 Å². The Morgan fingerprint density at radius 2 is 1.80 bits per heavy atom. The number of aromatic nitrogens is 1. The number of amides is 1. The molecule has 3 rings (SSSR count). The number of rotatable bonds is 6. The fourth-order valence-corrected chi connectivity index (χ4v) is 2.87. The standard InChI is InChI=1S/C22H17F3N2O3/c1-30-20-8-7-17(11-18(20)22(23,24)25)27-21(29)12-19(28)15-5-2-4-14(10-15)16-6-3-9-26-13-16/h2-11,13H,12H2,1H3,(H,27,29). The molecule has 0 unspecified atom stereocenters. The summed E-state index contributed by atoms with van der Waals surface area (Å²) in [6, 6.07) is 13.5. The number of hydrogen-bond acceptors (Lipinski definition) is 4. The highest BCUT2D eigenvalue weighted by atomic mass is 19.4. The van der Waals surface area contributed by atoms with Crippen molar-refractivity contribution < 1.29 is 27.5 Å². The van der Waals surface area contributed by atoms with Crippen molar-refractivity contribution in [3.05, 3.63) is 78.1 Å². The second-order valence-corrected chi connectivity index (χ2v) is 6.38. The maximum absolute atomic E-state index is 13.1. The molecule has 0 aliphatic carbocycles. The summed E-state index contributed by atoms with van der Waals surface area (Å²) in [6.07, 6.45) is -1.87. The first-order chi connectivity index (χ1) is 14.3. The summed E-state index contributed by atoms with van der Waals surface area (Å²) in [5, 5.41) is 2.33. The lowest BCUT2D eigenvalue weighted by Crippen LogP contribution is -2.17. The Morgan fingerprint density at radius 1 is 1.03 bits per heavy atom. The molecule has 0 spiro atoms. The number of hydrogen-bond donors (Lipinski definition) is 1. The zero-order chi connectivity index (χ0) is 21.7. The molecule has 0 aliphatic rings. The SMILES string of the molecule is COc1ccc(NC(=O)CC(=O)c2cccc(-c3cccnc3)c2)cc1C(F)(F)F. The third kappa shape index (κ3) is 5.02. The first kappa shape index (κ1) is 21.0. The number of ketones is 1. The third-order valence-corrected chi connectivity index (χ3v) is 4.29. The second kappa shape index (κ2) is 8.77. The summed E-state index contributed by atoms with van der Waals surface area (Å²) < 4.78 is 44.0. The Morgan fingerprint density at radius 3 is 2.47 bits per heavy atom. The van der Waals surface area contributed by atoms with Crippen molar-refractivity contribution in [1.82, 2.24) is 4.98 Å². The lowest BCUT2D eigenvalue weighted by molar-refractivity contribution is -0.138. The summed E-state index contributed by atoms with van der Waals surface area (Å²) in [5.41, 5.74) is 0.800. The van der Waals surface area contributed by atoms with E-state index in [1.807, 2.05) is 12.1 Å². The van der Waals surface area contributed by atoms with E-state index in [1.54, 1.807) is 36.7 Å². The number of pyridine rings is 1. The van der Waals surface area contributed by atoms with E-state index in [0.717, 1.165) is 30.4 Å². The number of anilines is 1. The van der Waals surface area contributed by atoms with Crippen LogP contribution in [-0.2, 0) is 11.0 Å². The number of halogens is 3. The number of carbonyl (C=O) groups is 2. The van der Waals surface area contributed by atoms with Crippen LogP contribution >= 0.6 is 0 Å². The van der Waals surface area contributed by atoms with Gasteiger partial charge in [0.2, 0.25) is 5.91 Å². The molecule has 0 atom stereocenters. The molecule has 2 aromatic carbocycles. The topological polar surface area (TPSA) is 68.3 Å². The van der Waals surface area contributed by atoms with Crippen molar-refractivity contribution in [2.75, 3.05) is 12.4 Å². The summed E-state index contributed by atoms with van der Waals surface area (Å²) in [7, 11) is 1.13. The molecule has 3 aromatic rings. The van der Waals surface area contributed by atoms with E-state index in [2.05, 4.69) is 10.3 Å². The van der Waals surface area contributed by atoms with Crippen LogP contribution in [0.4, 0.5) is 18.9 Å². The highest BCUT2D eigenvalue weighted by molar-refractivity contribution is 6.11. The number of benzene rings is 2. The number of nitrogens with one attached hydrogen (secondary N) is 1. The van der Waals surface area contributed by atoms with Crippen LogP contribution in [0.5, 0.6) is 5.75 Å². The van der Waals surface area contributed by atoms with Crippen molar-refractivity contribution in [3.8, 4) is 16.9 Å². The van der Waals surface area contributed by atoms with Gasteiger partial charge >= 0.3 is 6.18 Å². The summed E-state index contributed by atoms with van der Waals surface area (Å²) in [4.78, 5) is 28.7. The number of ether oxygens (including phenoxy) is 1. The van der Waals surface area contributed by atoms with Gasteiger partial charge in [-0.2, -0.15) is 13.2 Å². The van der Waals surface area contributed by atoms with Crippen molar-refractivity contribution in [2.45, 2.75) is 12.6 Å². The number of carbonyl (C=O) groups excluding carboxylic acids is 2. The molecule has 1 amide bonds. The molecule has 30 heavy (non-hydrogen) atoms. The maximum atomic E-state index is 13.1. The monoisotopic (exact) mass is 414 g/mol. The van der Waals surface area contributed by atoms with Crippen LogP contribution in [0.2, 0.25) is 0 Å². The van der Waals surface area contributed by atoms with Gasteiger partial charge in [0.25, 0.3) is 0 Å². The van der Waals surface area contributed by atoms with Crippen LogP contribution < -0.4 is 10.1 Å². The van der Waals surface area contributed by atoms with Gasteiger partial charge in [0.1, 0.15) is 5.75 Å². The van der Waals surface area contributed by atoms with E-state index in [9.17, 15) is 22.8 Å². The molecular formula is C22H17F3N2O3. The van der Waals surface area contributed by atoms with E-state index in [-0.39, 0.29) is 11.4 Å². The van der Waals surface area contributed by atoms with Gasteiger partial charge in [-0.3, -0.25) is 14.6 Å². The van der Waals surface area contributed by atoms with Gasteiger partial charge in [0, 0.05) is 29.2 Å². The molecule has 5 nitrogen and oxygen atoms in total. The average Bonchev–Trinajstić information content (AvgIpc) is 2.73. The first-order valence-electron chi connectivity index (χ1n) is 8.86. The van der Waals surface area contributed by atoms with Crippen LogP contribution in [0.1, 0.15) is 22.3 Å². The largest absolute Gasteiger partial charge is 0.496 e. The minimum atomic E-state index is -4.64. The Labute approximate surface area is 170 Å². The lowest BCUT2D eigenvalue weighted by atomic mass is 10.0. The minimum absolute atomic E-state index is 0.0787. The highest BCUT2D eigenvalue weighted by Gasteiger charge is 2.34. The van der Waals surface area contributed by atoms with Gasteiger partial charge in [0.05, 0.1) is 19.1 Å². The van der Waals surface area contributed by atoms with Crippen LogP contribution in [0.3, 0.4) is 0 Å². The normalized spacial score (nSPS) is 11.1. The molecule has 0 saturated heterocycles. The molecule has 0 fully saturated rings. The van der Waals surface area contributed by atoms with Gasteiger partial charge in [-0.15, -0.1) is 0 Å². The fraction of sp³-hybridized carbons (Fsp3) is 0.136. The first-order valence-corrected chi connectivity index (χ1v) is 8.86. The van der Waals surface area contributed by atoms with E-state index in [1.165, 1.54) is 6.07 Å². The van der Waals surface area contributed by atoms with Crippen LogP contribution in [-0.4, -0.2) is 23.8 Å². The van der Waals surface area contributed by atoms with Gasteiger partial charge in [-0.05, 0) is 35.9 Å². The fourth-order valence-electron chi connectivity index (χ4n) is 2.87. The Kier molecular flexibility index (Phi) is 6.15. The molecular weight excluding hydrogens is 397 g/mol.